The lowest BCUT2D eigenvalue weighted by molar-refractivity contribution is 0.376. The van der Waals surface area contributed by atoms with Crippen molar-refractivity contribution in [1.82, 2.24) is 0 Å². The van der Waals surface area contributed by atoms with Crippen LogP contribution in [0.3, 0.4) is 0 Å². The third-order valence-electron chi connectivity index (χ3n) is 10.3. The molecular formula is C43H46Cl2F2. The maximum Gasteiger partial charge on any atom is 0.127 e. The molecule has 0 atom stereocenters. The second-order valence-electron chi connectivity index (χ2n) is 13.2. The standard InChI is InChI=1S/C22H24ClF.C21H22ClF/c1-2-17-7-12-21(15-22(17)24)20-10-8-19(9-11-20)18-5-3-16(4-6-18)13-14-23;1-15-2-5-20(14-21(15)23)19-10-8-18(9-11-19)17-6-3-16(4-7-17)12-13-22/h7-16,18H,2-6H2,1H3;2,5,8-14,16-17H,3-4,6-7H2,1H3/b14-13+;13-12+. The Kier molecular flexibility index (Phi) is 12.9. The third-order valence-corrected chi connectivity index (χ3v) is 10.6. The van der Waals surface area contributed by atoms with Gasteiger partial charge in [0, 0.05) is 11.1 Å². The molecule has 0 spiro atoms. The van der Waals surface area contributed by atoms with Gasteiger partial charge in [-0.3, -0.25) is 0 Å². The van der Waals surface area contributed by atoms with E-state index in [1.807, 2.05) is 31.2 Å². The Balaban J connectivity index is 0.000000185. The normalized spacial score (nSPS) is 21.5. The summed E-state index contributed by atoms with van der Waals surface area (Å²) in [7, 11) is 0. The van der Waals surface area contributed by atoms with Crippen LogP contribution in [-0.4, -0.2) is 0 Å². The molecule has 0 radical (unpaired) electrons. The highest BCUT2D eigenvalue weighted by Gasteiger charge is 2.22. The zero-order valence-corrected chi connectivity index (χ0v) is 29.1. The second kappa shape index (κ2) is 17.3. The van der Waals surface area contributed by atoms with Crippen LogP contribution in [0.1, 0.15) is 92.4 Å². The van der Waals surface area contributed by atoms with Gasteiger partial charge in [0.1, 0.15) is 11.6 Å². The fourth-order valence-electron chi connectivity index (χ4n) is 7.18. The summed E-state index contributed by atoms with van der Waals surface area (Å²) in [6.45, 7) is 3.77. The van der Waals surface area contributed by atoms with E-state index < -0.39 is 0 Å². The van der Waals surface area contributed by atoms with Crippen LogP contribution in [0.2, 0.25) is 0 Å². The largest absolute Gasteiger partial charge is 0.207 e. The number of benzene rings is 4. The molecule has 0 unspecified atom stereocenters. The maximum absolute atomic E-state index is 14.0. The Morgan fingerprint density at radius 1 is 0.553 bits per heavy atom. The first-order chi connectivity index (χ1) is 22.9. The van der Waals surface area contributed by atoms with Gasteiger partial charge in [0.2, 0.25) is 0 Å². The van der Waals surface area contributed by atoms with Gasteiger partial charge in [-0.1, -0.05) is 115 Å². The first kappa shape index (κ1) is 35.1. The number of aryl methyl sites for hydroxylation is 2. The molecule has 2 fully saturated rings. The van der Waals surface area contributed by atoms with E-state index in [4.69, 9.17) is 23.2 Å². The number of halogens is 4. The Morgan fingerprint density at radius 3 is 1.34 bits per heavy atom. The van der Waals surface area contributed by atoms with Crippen molar-refractivity contribution in [1.29, 1.82) is 0 Å². The summed E-state index contributed by atoms with van der Waals surface area (Å²) < 4.78 is 27.7. The molecule has 0 nitrogen and oxygen atoms in total. The van der Waals surface area contributed by atoms with E-state index in [0.29, 0.717) is 29.2 Å². The van der Waals surface area contributed by atoms with Crippen molar-refractivity contribution in [2.45, 2.75) is 83.5 Å². The lowest BCUT2D eigenvalue weighted by Crippen LogP contribution is -2.11. The molecule has 4 heteroatoms. The van der Waals surface area contributed by atoms with Gasteiger partial charge >= 0.3 is 0 Å². The van der Waals surface area contributed by atoms with Crippen molar-refractivity contribution in [3.8, 4) is 22.3 Å². The maximum atomic E-state index is 14.0. The third kappa shape index (κ3) is 9.46. The zero-order chi connectivity index (χ0) is 33.2. The molecule has 2 saturated carbocycles. The van der Waals surface area contributed by atoms with Gasteiger partial charge in [-0.2, -0.15) is 0 Å². The van der Waals surface area contributed by atoms with Crippen LogP contribution in [0.4, 0.5) is 8.78 Å². The monoisotopic (exact) mass is 670 g/mol. The molecule has 0 saturated heterocycles. The Hall–Kier alpha value is -3.20. The van der Waals surface area contributed by atoms with Crippen molar-refractivity contribution in [3.05, 3.63) is 142 Å². The molecular weight excluding hydrogens is 625 g/mol. The molecule has 6 rings (SSSR count). The van der Waals surface area contributed by atoms with Gasteiger partial charge in [0.15, 0.2) is 0 Å². The average Bonchev–Trinajstić information content (AvgIpc) is 3.11. The predicted octanol–water partition coefficient (Wildman–Crippen LogP) is 13.9. The molecule has 2 aliphatic rings. The highest BCUT2D eigenvalue weighted by atomic mass is 35.5. The van der Waals surface area contributed by atoms with Crippen molar-refractivity contribution >= 4 is 23.2 Å². The molecule has 0 bridgehead atoms. The summed E-state index contributed by atoms with van der Waals surface area (Å²) in [4.78, 5) is 0. The first-order valence-electron chi connectivity index (χ1n) is 17.2. The van der Waals surface area contributed by atoms with E-state index in [1.54, 1.807) is 30.1 Å². The van der Waals surface area contributed by atoms with Crippen LogP contribution in [0, 0.1) is 30.4 Å². The van der Waals surface area contributed by atoms with Gasteiger partial charge in [-0.25, -0.2) is 8.78 Å². The van der Waals surface area contributed by atoms with Crippen molar-refractivity contribution in [2.75, 3.05) is 0 Å². The topological polar surface area (TPSA) is 0 Å². The average molecular weight is 672 g/mol. The van der Waals surface area contributed by atoms with Crippen molar-refractivity contribution in [3.63, 3.8) is 0 Å². The Labute approximate surface area is 290 Å². The summed E-state index contributed by atoms with van der Waals surface area (Å²) >= 11 is 11.4. The summed E-state index contributed by atoms with van der Waals surface area (Å²) in [6.07, 6.45) is 14.6. The molecule has 4 aromatic rings. The molecule has 0 N–H and O–H groups in total. The van der Waals surface area contributed by atoms with Crippen LogP contribution in [0.15, 0.2) is 108 Å². The van der Waals surface area contributed by atoms with Crippen molar-refractivity contribution < 1.29 is 8.78 Å². The molecule has 4 aromatic carbocycles. The number of hydrogen-bond acceptors (Lipinski definition) is 0. The van der Waals surface area contributed by atoms with Crippen LogP contribution in [0.5, 0.6) is 0 Å². The van der Waals surface area contributed by atoms with E-state index in [-0.39, 0.29) is 11.6 Å². The minimum absolute atomic E-state index is 0.107. The first-order valence-corrected chi connectivity index (χ1v) is 18.0. The minimum atomic E-state index is -0.141. The predicted molar refractivity (Wildman–Crippen MR) is 197 cm³/mol. The van der Waals surface area contributed by atoms with Gasteiger partial charge in [-0.15, -0.1) is 0 Å². The van der Waals surface area contributed by atoms with Crippen LogP contribution < -0.4 is 0 Å². The molecule has 246 valence electrons. The van der Waals surface area contributed by atoms with E-state index in [1.165, 1.54) is 62.5 Å². The SMILES string of the molecule is CCc1ccc(-c2ccc(C3CCC(/C=C/Cl)CC3)cc2)cc1F.Cc1ccc(-c2ccc(C3CCC(/C=C/Cl)CC3)cc2)cc1F. The summed E-state index contributed by atoms with van der Waals surface area (Å²) in [5, 5.41) is 0. The van der Waals surface area contributed by atoms with Gasteiger partial charge in [0.25, 0.3) is 0 Å². The van der Waals surface area contributed by atoms with Gasteiger partial charge in [-0.05, 0) is 145 Å². The van der Waals surface area contributed by atoms with Gasteiger partial charge in [0.05, 0.1) is 0 Å². The van der Waals surface area contributed by atoms with E-state index in [9.17, 15) is 8.78 Å². The van der Waals surface area contributed by atoms with Crippen LogP contribution in [-0.2, 0) is 6.42 Å². The number of allylic oxidation sites excluding steroid dienone is 2. The Morgan fingerprint density at radius 2 is 0.957 bits per heavy atom. The summed E-state index contributed by atoms with van der Waals surface area (Å²) in [5.74, 6) is 2.30. The molecule has 0 aromatic heterocycles. The number of hydrogen-bond donors (Lipinski definition) is 0. The summed E-state index contributed by atoms with van der Waals surface area (Å²) in [5.41, 5.74) is 11.6. The highest BCUT2D eigenvalue weighted by Crippen LogP contribution is 2.38. The van der Waals surface area contributed by atoms with Gasteiger partial charge < -0.3 is 0 Å². The fraction of sp³-hybridized carbons (Fsp3) is 0.349. The molecule has 0 aliphatic heterocycles. The quantitative estimate of drug-likeness (QED) is 0.183. The van der Waals surface area contributed by atoms with E-state index in [2.05, 4.69) is 60.7 Å². The zero-order valence-electron chi connectivity index (χ0n) is 27.6. The molecule has 0 amide bonds. The van der Waals surface area contributed by atoms with E-state index >= 15 is 0 Å². The lowest BCUT2D eigenvalue weighted by Gasteiger charge is -2.27. The molecule has 0 heterocycles. The minimum Gasteiger partial charge on any atom is -0.207 e. The fourth-order valence-corrected chi connectivity index (χ4v) is 7.59. The Bertz CT molecular complexity index is 1620. The highest BCUT2D eigenvalue weighted by molar-refractivity contribution is 6.25. The smallest absolute Gasteiger partial charge is 0.127 e. The number of rotatable bonds is 7. The molecule has 47 heavy (non-hydrogen) atoms. The molecule has 2 aliphatic carbocycles. The summed E-state index contributed by atoms with van der Waals surface area (Å²) in [6, 6.07) is 28.3. The lowest BCUT2D eigenvalue weighted by atomic mass is 9.78. The van der Waals surface area contributed by atoms with E-state index in [0.717, 1.165) is 34.2 Å². The van der Waals surface area contributed by atoms with Crippen molar-refractivity contribution in [2.24, 2.45) is 11.8 Å². The van der Waals surface area contributed by atoms with Crippen LogP contribution in [0.25, 0.3) is 22.3 Å². The second-order valence-corrected chi connectivity index (χ2v) is 13.7. The van der Waals surface area contributed by atoms with Crippen LogP contribution >= 0.6 is 23.2 Å².